The Hall–Kier alpha value is -3.48. The van der Waals surface area contributed by atoms with Crippen LogP contribution < -0.4 is 0 Å². The van der Waals surface area contributed by atoms with Gasteiger partial charge in [-0.3, -0.25) is 0 Å². The second-order valence-corrected chi connectivity index (χ2v) is 6.98. The smallest absolute Gasteiger partial charge is 0.345 e. The van der Waals surface area contributed by atoms with Crippen LogP contribution in [-0.2, 0) is 0 Å². The molecule has 0 heterocycles. The van der Waals surface area contributed by atoms with E-state index in [0.717, 1.165) is 17.1 Å². The summed E-state index contributed by atoms with van der Waals surface area (Å²) in [5, 5.41) is 0. The van der Waals surface area contributed by atoms with Gasteiger partial charge in [-0.05, 0) is 0 Å². The predicted octanol–water partition coefficient (Wildman–Crippen LogP) is 3.04. The minimum atomic E-state index is -0.385. The number of aliphatic imine (C=N–C) groups is 3. The van der Waals surface area contributed by atoms with Crippen LogP contribution in [0.4, 0.5) is 4.79 Å². The summed E-state index contributed by atoms with van der Waals surface area (Å²) in [6.45, 7) is 0. The van der Waals surface area contributed by atoms with Gasteiger partial charge in [-0.15, -0.1) is 0 Å². The Kier molecular flexibility index (Phi) is 7.65. The summed E-state index contributed by atoms with van der Waals surface area (Å²) >= 11 is 0. The summed E-state index contributed by atoms with van der Waals surface area (Å²) in [5.74, 6) is 1.50. The highest BCUT2D eigenvalue weighted by Gasteiger charge is 2.13. The first-order chi connectivity index (χ1) is 13.8. The van der Waals surface area contributed by atoms with Crippen LogP contribution in [-0.4, -0.2) is 80.6 Å². The van der Waals surface area contributed by atoms with E-state index in [4.69, 9.17) is 9.98 Å². The molecule has 2 amide bonds. The molecule has 2 aromatic rings. The lowest BCUT2D eigenvalue weighted by Crippen LogP contribution is -2.36. The molecule has 152 valence electrons. The van der Waals surface area contributed by atoms with Gasteiger partial charge in [0.25, 0.3) is 0 Å². The molecule has 7 nitrogen and oxygen atoms in total. The van der Waals surface area contributed by atoms with Crippen molar-refractivity contribution < 1.29 is 4.79 Å². The highest BCUT2D eigenvalue weighted by molar-refractivity contribution is 6.16. The number of carbonyl (C=O) groups excluding carboxylic acids is 1. The third-order valence-corrected chi connectivity index (χ3v) is 3.87. The second-order valence-electron chi connectivity index (χ2n) is 6.98. The molecule has 0 unspecified atom stereocenters. The van der Waals surface area contributed by atoms with Crippen molar-refractivity contribution in [1.29, 1.82) is 0 Å². The number of amides is 2. The Bertz CT molecular complexity index is 889. The molecule has 0 radical (unpaired) electrons. The molecule has 29 heavy (non-hydrogen) atoms. The van der Waals surface area contributed by atoms with E-state index in [0.29, 0.717) is 11.7 Å². The van der Waals surface area contributed by atoms with Gasteiger partial charge in [-0.25, -0.2) is 9.79 Å². The Morgan fingerprint density at radius 2 is 1.00 bits per heavy atom. The van der Waals surface area contributed by atoms with E-state index in [1.165, 1.54) is 4.90 Å². The molecule has 0 fully saturated rings. The van der Waals surface area contributed by atoms with E-state index in [1.54, 1.807) is 14.1 Å². The van der Waals surface area contributed by atoms with Gasteiger partial charge in [0.15, 0.2) is 11.7 Å². The predicted molar refractivity (Wildman–Crippen MR) is 120 cm³/mol. The third-order valence-electron chi connectivity index (χ3n) is 3.87. The summed E-state index contributed by atoms with van der Waals surface area (Å²) in [5.41, 5.74) is 1.57. The maximum atomic E-state index is 12.3. The lowest BCUT2D eigenvalue weighted by Gasteiger charge is -2.22. The standard InChI is InChI=1S/C22H28N6O/c1-26(2)21(27(3)4)24-19(17-13-9-7-10-14-17)23-20(25-22(29)28(5)6)18-15-11-8-12-16-18/h7-16H,1-6H3/b23-19?,25-20+. The van der Waals surface area contributed by atoms with E-state index in [2.05, 4.69) is 4.99 Å². The van der Waals surface area contributed by atoms with Crippen LogP contribution in [0.5, 0.6) is 0 Å². The van der Waals surface area contributed by atoms with Crippen LogP contribution in [0, 0.1) is 0 Å². The van der Waals surface area contributed by atoms with Crippen LogP contribution in [0.1, 0.15) is 11.1 Å². The molecular formula is C22H28N6O. The molecular weight excluding hydrogens is 364 g/mol. The SMILES string of the molecule is CN(C)C(=O)/N=C(/N=C(N=C(N(C)C)N(C)C)c1ccccc1)c1ccccc1. The molecule has 0 spiro atoms. The van der Waals surface area contributed by atoms with Gasteiger partial charge in [0, 0.05) is 53.4 Å². The van der Waals surface area contributed by atoms with E-state index < -0.39 is 0 Å². The Balaban J connectivity index is 2.70. The number of amidine groups is 2. The molecule has 0 aliphatic carbocycles. The van der Waals surface area contributed by atoms with Crippen LogP contribution in [0.25, 0.3) is 0 Å². The fourth-order valence-corrected chi connectivity index (χ4v) is 2.47. The Morgan fingerprint density at radius 3 is 1.38 bits per heavy atom. The first kappa shape index (κ1) is 21.8. The highest BCUT2D eigenvalue weighted by atomic mass is 16.2. The van der Waals surface area contributed by atoms with Crippen molar-refractivity contribution in [2.24, 2.45) is 15.0 Å². The van der Waals surface area contributed by atoms with Crippen LogP contribution in [0.15, 0.2) is 75.6 Å². The first-order valence-electron chi connectivity index (χ1n) is 9.22. The van der Waals surface area contributed by atoms with E-state index in [9.17, 15) is 4.79 Å². The monoisotopic (exact) mass is 392 g/mol. The average Bonchev–Trinajstić information content (AvgIpc) is 2.70. The molecule has 0 N–H and O–H groups in total. The van der Waals surface area contributed by atoms with Crippen molar-refractivity contribution in [3.05, 3.63) is 71.8 Å². The second kappa shape index (κ2) is 10.2. The fraction of sp³-hybridized carbons (Fsp3) is 0.273. The molecule has 0 aromatic heterocycles. The minimum absolute atomic E-state index is 0.309. The number of guanidine groups is 1. The minimum Gasteiger partial charge on any atom is -0.349 e. The van der Waals surface area contributed by atoms with Gasteiger partial charge in [0.1, 0.15) is 0 Å². The quantitative estimate of drug-likeness (QED) is 0.583. The molecule has 0 saturated carbocycles. The lowest BCUT2D eigenvalue weighted by molar-refractivity contribution is 0.227. The number of urea groups is 1. The Morgan fingerprint density at radius 1 is 0.586 bits per heavy atom. The maximum absolute atomic E-state index is 12.3. The molecule has 2 rings (SSSR count). The summed E-state index contributed by atoms with van der Waals surface area (Å²) in [7, 11) is 11.0. The molecule has 0 aliphatic heterocycles. The topological polar surface area (TPSA) is 63.9 Å². The zero-order valence-electron chi connectivity index (χ0n) is 17.9. The third kappa shape index (κ3) is 6.27. The Labute approximate surface area is 172 Å². The van der Waals surface area contributed by atoms with Gasteiger partial charge < -0.3 is 14.7 Å². The number of rotatable bonds is 2. The van der Waals surface area contributed by atoms with E-state index >= 15 is 0 Å². The largest absolute Gasteiger partial charge is 0.349 e. The summed E-state index contributed by atoms with van der Waals surface area (Å²) in [6.07, 6.45) is 0. The normalized spacial score (nSPS) is 11.7. The number of hydrogen-bond donors (Lipinski definition) is 0. The van der Waals surface area contributed by atoms with E-state index in [-0.39, 0.29) is 6.03 Å². The average molecular weight is 393 g/mol. The summed E-state index contributed by atoms with van der Waals surface area (Å²) in [4.78, 5) is 31.2. The van der Waals surface area contributed by atoms with Crippen molar-refractivity contribution in [2.75, 3.05) is 42.3 Å². The van der Waals surface area contributed by atoms with Gasteiger partial charge in [-0.2, -0.15) is 9.98 Å². The number of nitrogens with zero attached hydrogens (tertiary/aromatic N) is 6. The van der Waals surface area contributed by atoms with Crippen LogP contribution >= 0.6 is 0 Å². The number of benzene rings is 2. The first-order valence-corrected chi connectivity index (χ1v) is 9.22. The van der Waals surface area contributed by atoms with Gasteiger partial charge in [0.05, 0.1) is 0 Å². The fourth-order valence-electron chi connectivity index (χ4n) is 2.47. The van der Waals surface area contributed by atoms with Gasteiger partial charge in [-0.1, -0.05) is 60.7 Å². The van der Waals surface area contributed by atoms with Crippen molar-refractivity contribution in [1.82, 2.24) is 14.7 Å². The van der Waals surface area contributed by atoms with Crippen molar-refractivity contribution in [3.63, 3.8) is 0 Å². The van der Waals surface area contributed by atoms with Crippen molar-refractivity contribution >= 4 is 23.7 Å². The summed E-state index contributed by atoms with van der Waals surface area (Å²) < 4.78 is 0. The molecule has 7 heteroatoms. The maximum Gasteiger partial charge on any atom is 0.345 e. The van der Waals surface area contributed by atoms with Crippen LogP contribution in [0.3, 0.4) is 0 Å². The van der Waals surface area contributed by atoms with Crippen molar-refractivity contribution in [3.8, 4) is 0 Å². The van der Waals surface area contributed by atoms with Crippen molar-refractivity contribution in [2.45, 2.75) is 0 Å². The lowest BCUT2D eigenvalue weighted by atomic mass is 10.2. The molecule has 0 bridgehead atoms. The molecule has 0 saturated heterocycles. The van der Waals surface area contributed by atoms with Crippen LogP contribution in [0.2, 0.25) is 0 Å². The number of carbonyl (C=O) groups is 1. The zero-order chi connectivity index (χ0) is 21.4. The molecule has 0 aliphatic rings. The summed E-state index contributed by atoms with van der Waals surface area (Å²) in [6, 6.07) is 18.7. The highest BCUT2D eigenvalue weighted by Crippen LogP contribution is 2.10. The molecule has 0 atom stereocenters. The van der Waals surface area contributed by atoms with Gasteiger partial charge >= 0.3 is 6.03 Å². The number of hydrogen-bond acceptors (Lipinski definition) is 1. The zero-order valence-corrected chi connectivity index (χ0v) is 17.9. The van der Waals surface area contributed by atoms with E-state index in [1.807, 2.05) is 98.7 Å². The molecule has 2 aromatic carbocycles. The van der Waals surface area contributed by atoms with Gasteiger partial charge in [0.2, 0.25) is 5.96 Å².